The monoisotopic (exact) mass is 226 g/mol. The quantitative estimate of drug-likeness (QED) is 0.763. The fourth-order valence-corrected chi connectivity index (χ4v) is 1.06. The first-order chi connectivity index (χ1) is 7.13. The molecule has 78 valence electrons. The largest absolute Gasteiger partial charge is 0.479 e. The summed E-state index contributed by atoms with van der Waals surface area (Å²) in [6, 6.07) is 6.45. The van der Waals surface area contributed by atoms with Gasteiger partial charge in [0.1, 0.15) is 0 Å². The molecule has 1 aromatic rings. The highest BCUT2D eigenvalue weighted by Gasteiger charge is 2.02. The van der Waals surface area contributed by atoms with E-state index in [4.69, 9.17) is 22.0 Å². The first kappa shape index (κ1) is 11.3. The van der Waals surface area contributed by atoms with E-state index in [0.29, 0.717) is 16.3 Å². The Hall–Kier alpha value is -1.77. The number of carboxylic acid groups (broad SMARTS) is 1. The van der Waals surface area contributed by atoms with Crippen molar-refractivity contribution in [3.63, 3.8) is 0 Å². The van der Waals surface area contributed by atoms with Crippen LogP contribution >= 0.6 is 11.6 Å². The van der Waals surface area contributed by atoms with Crippen molar-refractivity contribution in [2.24, 2.45) is 0 Å². The van der Waals surface area contributed by atoms with Crippen molar-refractivity contribution in [3.05, 3.63) is 28.8 Å². The molecule has 0 spiro atoms. The molecule has 0 aliphatic rings. The Morgan fingerprint density at radius 2 is 2.40 bits per heavy atom. The van der Waals surface area contributed by atoms with Gasteiger partial charge >= 0.3 is 5.97 Å². The van der Waals surface area contributed by atoms with Gasteiger partial charge in [0.25, 0.3) is 0 Å². The Morgan fingerprint density at radius 1 is 1.67 bits per heavy atom. The van der Waals surface area contributed by atoms with Crippen LogP contribution in [0.3, 0.4) is 0 Å². The molecule has 1 rings (SSSR count). The number of benzene rings is 1. The highest BCUT2D eigenvalue weighted by Crippen LogP contribution is 2.22. The van der Waals surface area contributed by atoms with Crippen molar-refractivity contribution >= 4 is 23.3 Å². The van der Waals surface area contributed by atoms with Gasteiger partial charge in [-0.2, -0.15) is 5.26 Å². The third-order valence-corrected chi connectivity index (χ3v) is 1.79. The number of carbonyl (C=O) groups is 1. The minimum Gasteiger partial charge on any atom is -0.479 e. The maximum absolute atomic E-state index is 10.1. The third kappa shape index (κ3) is 3.46. The van der Waals surface area contributed by atoms with Gasteiger partial charge in [0.15, 0.2) is 6.61 Å². The SMILES string of the molecule is N#Cc1ccc(NOCC(=O)O)c(Cl)c1. The van der Waals surface area contributed by atoms with Crippen LogP contribution in [0.25, 0.3) is 0 Å². The smallest absolute Gasteiger partial charge is 0.332 e. The summed E-state index contributed by atoms with van der Waals surface area (Å²) in [6.45, 7) is -0.476. The summed E-state index contributed by atoms with van der Waals surface area (Å²) in [4.78, 5) is 14.8. The molecule has 0 fully saturated rings. The Balaban J connectivity index is 2.63. The molecule has 0 aliphatic heterocycles. The number of anilines is 1. The second-order valence-corrected chi connectivity index (χ2v) is 3.00. The lowest BCUT2D eigenvalue weighted by atomic mass is 10.2. The highest BCUT2D eigenvalue weighted by atomic mass is 35.5. The molecule has 0 atom stereocenters. The fraction of sp³-hybridized carbons (Fsp3) is 0.111. The van der Waals surface area contributed by atoms with Crippen molar-refractivity contribution in [2.45, 2.75) is 0 Å². The van der Waals surface area contributed by atoms with Gasteiger partial charge in [-0.3, -0.25) is 10.3 Å². The zero-order chi connectivity index (χ0) is 11.3. The number of halogens is 1. The van der Waals surface area contributed by atoms with Crippen LogP contribution in [0.5, 0.6) is 0 Å². The van der Waals surface area contributed by atoms with E-state index in [1.165, 1.54) is 12.1 Å². The summed E-state index contributed by atoms with van der Waals surface area (Å²) in [5.41, 5.74) is 3.21. The molecule has 0 aliphatic carbocycles. The fourth-order valence-electron chi connectivity index (χ4n) is 0.843. The molecule has 0 saturated heterocycles. The van der Waals surface area contributed by atoms with Crippen LogP contribution in [0, 0.1) is 11.3 Å². The normalized spacial score (nSPS) is 9.33. The molecule has 15 heavy (non-hydrogen) atoms. The molecule has 6 heteroatoms. The number of nitriles is 1. The van der Waals surface area contributed by atoms with Crippen molar-refractivity contribution in [3.8, 4) is 6.07 Å². The van der Waals surface area contributed by atoms with Crippen molar-refractivity contribution < 1.29 is 14.7 Å². The summed E-state index contributed by atoms with van der Waals surface area (Å²) in [5, 5.41) is 17.2. The van der Waals surface area contributed by atoms with Crippen LogP contribution in [-0.2, 0) is 9.63 Å². The lowest BCUT2D eigenvalue weighted by molar-refractivity contribution is -0.141. The minimum absolute atomic E-state index is 0.291. The van der Waals surface area contributed by atoms with E-state index >= 15 is 0 Å². The van der Waals surface area contributed by atoms with E-state index in [1.54, 1.807) is 6.07 Å². The molecular formula is C9H7ClN2O3. The number of nitrogens with zero attached hydrogens (tertiary/aromatic N) is 1. The van der Waals surface area contributed by atoms with Gasteiger partial charge in [0.2, 0.25) is 0 Å². The maximum atomic E-state index is 10.1. The van der Waals surface area contributed by atoms with Gasteiger partial charge < -0.3 is 5.11 Å². The molecule has 0 saturated carbocycles. The first-order valence-electron chi connectivity index (χ1n) is 3.92. The molecule has 0 amide bonds. The van der Waals surface area contributed by atoms with E-state index in [-0.39, 0.29) is 0 Å². The number of nitrogens with one attached hydrogen (secondary N) is 1. The molecule has 5 nitrogen and oxygen atoms in total. The standard InChI is InChI=1S/C9H7ClN2O3/c10-7-3-6(4-11)1-2-8(7)12-15-5-9(13)14/h1-3,12H,5H2,(H,13,14). The van der Waals surface area contributed by atoms with Crippen LogP contribution in [0.15, 0.2) is 18.2 Å². The van der Waals surface area contributed by atoms with Gasteiger partial charge in [-0.25, -0.2) is 4.79 Å². The van der Waals surface area contributed by atoms with E-state index in [9.17, 15) is 4.79 Å². The predicted molar refractivity (Wildman–Crippen MR) is 53.4 cm³/mol. The van der Waals surface area contributed by atoms with Gasteiger partial charge in [0, 0.05) is 0 Å². The van der Waals surface area contributed by atoms with Crippen molar-refractivity contribution in [1.82, 2.24) is 0 Å². The number of hydrogen-bond acceptors (Lipinski definition) is 4. The summed E-state index contributed by atoms with van der Waals surface area (Å²) in [7, 11) is 0. The van der Waals surface area contributed by atoms with E-state index in [2.05, 4.69) is 10.3 Å². The Morgan fingerprint density at radius 3 is 2.93 bits per heavy atom. The number of aliphatic carboxylic acids is 1. The molecule has 0 aromatic heterocycles. The average Bonchev–Trinajstić information content (AvgIpc) is 2.20. The first-order valence-corrected chi connectivity index (χ1v) is 4.30. The zero-order valence-corrected chi connectivity index (χ0v) is 8.28. The lowest BCUT2D eigenvalue weighted by Crippen LogP contribution is -2.11. The van der Waals surface area contributed by atoms with Gasteiger partial charge in [-0.15, -0.1) is 0 Å². The minimum atomic E-state index is -1.09. The van der Waals surface area contributed by atoms with Gasteiger partial charge in [-0.1, -0.05) is 11.6 Å². The predicted octanol–water partition coefficient (Wildman–Crippen LogP) is 1.64. The Kier molecular flexibility index (Phi) is 3.92. The van der Waals surface area contributed by atoms with Crippen LogP contribution in [-0.4, -0.2) is 17.7 Å². The van der Waals surface area contributed by atoms with Crippen LogP contribution in [0.1, 0.15) is 5.56 Å². The van der Waals surface area contributed by atoms with Crippen molar-refractivity contribution in [2.75, 3.05) is 12.1 Å². The number of rotatable bonds is 4. The van der Waals surface area contributed by atoms with E-state index in [1.807, 2.05) is 6.07 Å². The zero-order valence-electron chi connectivity index (χ0n) is 7.53. The molecule has 0 unspecified atom stereocenters. The molecule has 0 bridgehead atoms. The van der Waals surface area contributed by atoms with E-state index < -0.39 is 12.6 Å². The second-order valence-electron chi connectivity index (χ2n) is 2.59. The van der Waals surface area contributed by atoms with Gasteiger partial charge in [0.05, 0.1) is 22.3 Å². The van der Waals surface area contributed by atoms with Crippen LogP contribution in [0.2, 0.25) is 5.02 Å². The molecule has 2 N–H and O–H groups in total. The summed E-state index contributed by atoms with van der Waals surface area (Å²) < 4.78 is 0. The molecular weight excluding hydrogens is 220 g/mol. The molecule has 1 aromatic carbocycles. The van der Waals surface area contributed by atoms with Crippen molar-refractivity contribution in [1.29, 1.82) is 5.26 Å². The molecule has 0 heterocycles. The van der Waals surface area contributed by atoms with E-state index in [0.717, 1.165) is 0 Å². The summed E-state index contributed by atoms with van der Waals surface area (Å²) in [5.74, 6) is -1.09. The molecule has 0 radical (unpaired) electrons. The Bertz CT molecular complexity index is 414. The highest BCUT2D eigenvalue weighted by molar-refractivity contribution is 6.33. The summed E-state index contributed by atoms with van der Waals surface area (Å²) >= 11 is 5.78. The average molecular weight is 227 g/mol. The van der Waals surface area contributed by atoms with Crippen LogP contribution < -0.4 is 5.48 Å². The number of carboxylic acids is 1. The second kappa shape index (κ2) is 5.20. The topological polar surface area (TPSA) is 82.3 Å². The number of hydrogen-bond donors (Lipinski definition) is 2. The third-order valence-electron chi connectivity index (χ3n) is 1.48. The van der Waals surface area contributed by atoms with Gasteiger partial charge in [-0.05, 0) is 18.2 Å². The Labute approximate surface area is 90.8 Å². The lowest BCUT2D eigenvalue weighted by Gasteiger charge is -2.06. The summed E-state index contributed by atoms with van der Waals surface area (Å²) in [6.07, 6.45) is 0. The van der Waals surface area contributed by atoms with Crippen LogP contribution in [0.4, 0.5) is 5.69 Å². The maximum Gasteiger partial charge on any atom is 0.332 e.